The van der Waals surface area contributed by atoms with Crippen LogP contribution in [0.15, 0.2) is 24.3 Å². The summed E-state index contributed by atoms with van der Waals surface area (Å²) in [5.74, 6) is 0.215. The molecule has 2 aliphatic rings. The Morgan fingerprint density at radius 2 is 2.05 bits per heavy atom. The first-order valence-electron chi connectivity index (χ1n) is 7.91. The molecule has 0 aliphatic carbocycles. The molecule has 1 aromatic rings. The summed E-state index contributed by atoms with van der Waals surface area (Å²) >= 11 is 0. The molecule has 2 amide bonds. The fourth-order valence-corrected chi connectivity index (χ4v) is 3.31. The minimum absolute atomic E-state index is 0.00849. The number of carbonyl (C=O) groups excluding carboxylic acids is 2. The fourth-order valence-electron chi connectivity index (χ4n) is 3.31. The first-order valence-corrected chi connectivity index (χ1v) is 7.91. The molecule has 4 nitrogen and oxygen atoms in total. The van der Waals surface area contributed by atoms with Crippen molar-refractivity contribution in [2.75, 3.05) is 11.4 Å². The highest BCUT2D eigenvalue weighted by atomic mass is 16.2. The second-order valence-electron chi connectivity index (χ2n) is 5.99. The molecule has 3 rings (SSSR count). The molecule has 1 fully saturated rings. The molecule has 112 valence electrons. The molecule has 0 radical (unpaired) electrons. The van der Waals surface area contributed by atoms with Crippen molar-refractivity contribution in [3.63, 3.8) is 0 Å². The van der Waals surface area contributed by atoms with E-state index in [9.17, 15) is 9.59 Å². The van der Waals surface area contributed by atoms with Gasteiger partial charge in [0.15, 0.2) is 0 Å². The van der Waals surface area contributed by atoms with E-state index in [-0.39, 0.29) is 17.9 Å². The van der Waals surface area contributed by atoms with E-state index in [4.69, 9.17) is 0 Å². The summed E-state index contributed by atoms with van der Waals surface area (Å²) < 4.78 is 0. The third-order valence-electron chi connectivity index (χ3n) is 4.40. The number of para-hydroxylation sites is 1. The van der Waals surface area contributed by atoms with Crippen LogP contribution in [0.5, 0.6) is 0 Å². The van der Waals surface area contributed by atoms with Gasteiger partial charge in [-0.3, -0.25) is 9.59 Å². The number of fused-ring (bicyclic) bond motifs is 1. The molecule has 1 N–H and O–H groups in total. The molecule has 0 aromatic heterocycles. The highest BCUT2D eigenvalue weighted by Crippen LogP contribution is 2.27. The number of carbonyl (C=O) groups is 2. The van der Waals surface area contributed by atoms with Gasteiger partial charge in [-0.15, -0.1) is 0 Å². The molecular weight excluding hydrogens is 264 g/mol. The van der Waals surface area contributed by atoms with Gasteiger partial charge in [-0.05, 0) is 43.7 Å². The van der Waals surface area contributed by atoms with Crippen molar-refractivity contribution in [3.05, 3.63) is 29.8 Å². The Balaban J connectivity index is 1.73. The lowest BCUT2D eigenvalue weighted by Crippen LogP contribution is -2.43. The Morgan fingerprint density at radius 1 is 1.19 bits per heavy atom. The van der Waals surface area contributed by atoms with E-state index in [1.807, 2.05) is 23.1 Å². The number of rotatable bonds is 2. The molecule has 2 aliphatic heterocycles. The smallest absolute Gasteiger partial charge is 0.229 e. The van der Waals surface area contributed by atoms with Crippen LogP contribution >= 0.6 is 0 Å². The third-order valence-corrected chi connectivity index (χ3v) is 4.40. The van der Waals surface area contributed by atoms with E-state index in [0.717, 1.165) is 44.3 Å². The lowest BCUT2D eigenvalue weighted by atomic mass is 10.0. The predicted molar refractivity (Wildman–Crippen MR) is 82.1 cm³/mol. The van der Waals surface area contributed by atoms with Gasteiger partial charge in [0.2, 0.25) is 11.8 Å². The second-order valence-corrected chi connectivity index (χ2v) is 5.99. The van der Waals surface area contributed by atoms with Gasteiger partial charge >= 0.3 is 0 Å². The van der Waals surface area contributed by atoms with E-state index >= 15 is 0 Å². The minimum Gasteiger partial charge on any atom is -0.353 e. The second kappa shape index (κ2) is 6.29. The summed E-state index contributed by atoms with van der Waals surface area (Å²) in [4.78, 5) is 26.0. The van der Waals surface area contributed by atoms with Crippen molar-refractivity contribution >= 4 is 17.5 Å². The van der Waals surface area contributed by atoms with Crippen LogP contribution in [0.1, 0.15) is 44.1 Å². The first-order chi connectivity index (χ1) is 10.2. The number of aryl methyl sites for hydroxylation is 1. The van der Waals surface area contributed by atoms with E-state index in [2.05, 4.69) is 11.4 Å². The van der Waals surface area contributed by atoms with E-state index < -0.39 is 0 Å². The summed E-state index contributed by atoms with van der Waals surface area (Å²) in [6.45, 7) is 0.788. The number of amides is 2. The van der Waals surface area contributed by atoms with Crippen LogP contribution in [0.2, 0.25) is 0 Å². The number of anilines is 1. The van der Waals surface area contributed by atoms with Gasteiger partial charge in [0, 0.05) is 31.1 Å². The van der Waals surface area contributed by atoms with Gasteiger partial charge in [0.25, 0.3) is 0 Å². The van der Waals surface area contributed by atoms with Crippen LogP contribution < -0.4 is 10.2 Å². The average Bonchev–Trinajstić information content (AvgIpc) is 2.69. The summed E-state index contributed by atoms with van der Waals surface area (Å²) in [6, 6.07) is 8.19. The van der Waals surface area contributed by atoms with Crippen LogP contribution in [0.25, 0.3) is 0 Å². The van der Waals surface area contributed by atoms with Gasteiger partial charge in [0.1, 0.15) is 0 Å². The SMILES string of the molecule is O=C1CCCC(CC(=O)N2CCCCc3ccccc32)N1. The largest absolute Gasteiger partial charge is 0.353 e. The predicted octanol–water partition coefficient (Wildman–Crippen LogP) is 2.41. The summed E-state index contributed by atoms with van der Waals surface area (Å²) in [5.41, 5.74) is 2.32. The van der Waals surface area contributed by atoms with Crippen molar-refractivity contribution < 1.29 is 9.59 Å². The van der Waals surface area contributed by atoms with Crippen LogP contribution in [0.4, 0.5) is 5.69 Å². The zero-order valence-corrected chi connectivity index (χ0v) is 12.3. The number of hydrogen-bond donors (Lipinski definition) is 1. The molecule has 4 heteroatoms. The summed E-state index contributed by atoms with van der Waals surface area (Å²) in [7, 11) is 0. The van der Waals surface area contributed by atoms with Gasteiger partial charge in [-0.2, -0.15) is 0 Å². The maximum Gasteiger partial charge on any atom is 0.229 e. The number of nitrogens with one attached hydrogen (secondary N) is 1. The van der Waals surface area contributed by atoms with Crippen molar-refractivity contribution in [1.29, 1.82) is 0 Å². The normalized spacial score (nSPS) is 22.2. The lowest BCUT2D eigenvalue weighted by Gasteiger charge is -2.27. The van der Waals surface area contributed by atoms with Crippen molar-refractivity contribution in [2.45, 2.75) is 51.0 Å². The molecule has 1 atom stereocenters. The van der Waals surface area contributed by atoms with Crippen LogP contribution in [-0.2, 0) is 16.0 Å². The Morgan fingerprint density at radius 3 is 2.90 bits per heavy atom. The molecule has 0 saturated carbocycles. The average molecular weight is 286 g/mol. The standard InChI is InChI=1S/C17H22N2O2/c20-16-10-5-8-14(18-16)12-17(21)19-11-4-3-7-13-6-1-2-9-15(13)19/h1-2,6,9,14H,3-5,7-8,10-12H2,(H,18,20). The molecule has 1 aromatic carbocycles. The van der Waals surface area contributed by atoms with Gasteiger partial charge in [0.05, 0.1) is 0 Å². The lowest BCUT2D eigenvalue weighted by molar-refractivity contribution is -0.124. The van der Waals surface area contributed by atoms with Crippen molar-refractivity contribution in [1.82, 2.24) is 5.32 Å². The van der Waals surface area contributed by atoms with Crippen molar-refractivity contribution in [3.8, 4) is 0 Å². The van der Waals surface area contributed by atoms with E-state index in [1.54, 1.807) is 0 Å². The number of piperidine rings is 1. The van der Waals surface area contributed by atoms with Crippen LogP contribution in [0.3, 0.4) is 0 Å². The van der Waals surface area contributed by atoms with E-state index in [0.29, 0.717) is 12.8 Å². The van der Waals surface area contributed by atoms with Gasteiger partial charge < -0.3 is 10.2 Å². The van der Waals surface area contributed by atoms with E-state index in [1.165, 1.54) is 5.56 Å². The highest BCUT2D eigenvalue weighted by molar-refractivity contribution is 5.95. The Hall–Kier alpha value is -1.84. The number of hydrogen-bond acceptors (Lipinski definition) is 2. The Kier molecular flexibility index (Phi) is 4.23. The Bertz CT molecular complexity index is 541. The minimum atomic E-state index is 0.00849. The molecule has 1 saturated heterocycles. The first kappa shape index (κ1) is 14.1. The maximum atomic E-state index is 12.7. The van der Waals surface area contributed by atoms with Crippen LogP contribution in [-0.4, -0.2) is 24.4 Å². The quantitative estimate of drug-likeness (QED) is 0.907. The molecule has 2 heterocycles. The maximum absolute atomic E-state index is 12.7. The zero-order chi connectivity index (χ0) is 14.7. The van der Waals surface area contributed by atoms with Gasteiger partial charge in [-0.1, -0.05) is 18.2 Å². The molecule has 0 bridgehead atoms. The van der Waals surface area contributed by atoms with Crippen molar-refractivity contribution in [2.24, 2.45) is 0 Å². The monoisotopic (exact) mass is 286 g/mol. The summed E-state index contributed by atoms with van der Waals surface area (Å²) in [6.07, 6.45) is 6.02. The molecule has 21 heavy (non-hydrogen) atoms. The highest BCUT2D eigenvalue weighted by Gasteiger charge is 2.26. The topological polar surface area (TPSA) is 49.4 Å². The summed E-state index contributed by atoms with van der Waals surface area (Å²) in [5, 5.41) is 2.94. The molecule has 0 spiro atoms. The molecule has 1 unspecified atom stereocenters. The van der Waals surface area contributed by atoms with Gasteiger partial charge in [-0.25, -0.2) is 0 Å². The fraction of sp³-hybridized carbons (Fsp3) is 0.529. The zero-order valence-electron chi connectivity index (χ0n) is 12.3. The van der Waals surface area contributed by atoms with Crippen LogP contribution in [0, 0.1) is 0 Å². The number of nitrogens with zero attached hydrogens (tertiary/aromatic N) is 1. The molecular formula is C17H22N2O2. The number of benzene rings is 1. The Labute approximate surface area is 125 Å². The third kappa shape index (κ3) is 3.26.